The molecule has 0 heterocycles. The molecule has 2 aromatic carbocycles. The number of sulfonamides is 1. The summed E-state index contributed by atoms with van der Waals surface area (Å²) in [7, 11) is 0.000365. The van der Waals surface area contributed by atoms with Crippen molar-refractivity contribution in [2.24, 2.45) is 0 Å². The van der Waals surface area contributed by atoms with Crippen molar-refractivity contribution < 1.29 is 13.2 Å². The highest BCUT2D eigenvalue weighted by molar-refractivity contribution is 7.92. The van der Waals surface area contributed by atoms with Crippen molar-refractivity contribution in [1.29, 1.82) is 0 Å². The lowest BCUT2D eigenvalue weighted by atomic mass is 10.1. The predicted octanol–water partition coefficient (Wildman–Crippen LogP) is 2.28. The van der Waals surface area contributed by atoms with Gasteiger partial charge in [-0.15, -0.1) is 0 Å². The molecule has 2 aromatic rings. The molecule has 2 rings (SSSR count). The van der Waals surface area contributed by atoms with Gasteiger partial charge in [0.1, 0.15) is 0 Å². The average molecular weight is 346 g/mol. The molecular formula is C18H22N2O3S. The summed E-state index contributed by atoms with van der Waals surface area (Å²) in [5.41, 5.74) is 2.51. The number of nitrogens with zero attached hydrogens (tertiary/aromatic N) is 2. The van der Waals surface area contributed by atoms with Gasteiger partial charge in [0.15, 0.2) is 0 Å². The van der Waals surface area contributed by atoms with Crippen LogP contribution in [0.2, 0.25) is 0 Å². The summed E-state index contributed by atoms with van der Waals surface area (Å²) >= 11 is 0. The third-order valence-electron chi connectivity index (χ3n) is 3.84. The highest BCUT2D eigenvalue weighted by Gasteiger charge is 2.13. The zero-order chi connectivity index (χ0) is 17.7. The van der Waals surface area contributed by atoms with Gasteiger partial charge in [0.05, 0.1) is 18.4 Å². The molecule has 0 bridgehead atoms. The molecule has 6 heteroatoms. The Balaban J connectivity index is 1.99. The van der Waals surface area contributed by atoms with Crippen molar-refractivity contribution in [3.05, 3.63) is 65.7 Å². The van der Waals surface area contributed by atoms with E-state index in [1.54, 1.807) is 36.2 Å². The van der Waals surface area contributed by atoms with Crippen LogP contribution >= 0.6 is 0 Å². The molecule has 5 nitrogen and oxygen atoms in total. The van der Waals surface area contributed by atoms with Crippen LogP contribution in [0.3, 0.4) is 0 Å². The van der Waals surface area contributed by atoms with Gasteiger partial charge in [-0.1, -0.05) is 42.5 Å². The van der Waals surface area contributed by atoms with Crippen LogP contribution in [0, 0.1) is 0 Å². The molecule has 24 heavy (non-hydrogen) atoms. The van der Waals surface area contributed by atoms with Crippen molar-refractivity contribution in [2.75, 3.05) is 24.7 Å². The summed E-state index contributed by atoms with van der Waals surface area (Å²) in [5, 5.41) is 0. The summed E-state index contributed by atoms with van der Waals surface area (Å²) in [6.07, 6.45) is 1.44. The normalized spacial score (nSPS) is 11.1. The lowest BCUT2D eigenvalue weighted by Crippen LogP contribution is -2.27. The van der Waals surface area contributed by atoms with Crippen LogP contribution in [-0.2, 0) is 27.8 Å². The molecule has 0 spiro atoms. The van der Waals surface area contributed by atoms with E-state index in [-0.39, 0.29) is 12.3 Å². The van der Waals surface area contributed by atoms with Gasteiger partial charge in [-0.05, 0) is 23.3 Å². The van der Waals surface area contributed by atoms with Gasteiger partial charge in [0.25, 0.3) is 0 Å². The van der Waals surface area contributed by atoms with E-state index in [1.807, 2.05) is 30.3 Å². The molecule has 0 aliphatic heterocycles. The minimum Gasteiger partial charge on any atom is -0.341 e. The lowest BCUT2D eigenvalue weighted by Gasteiger charge is -2.18. The molecule has 0 aromatic heterocycles. The fourth-order valence-corrected chi connectivity index (χ4v) is 2.77. The summed E-state index contributed by atoms with van der Waals surface area (Å²) < 4.78 is 24.3. The lowest BCUT2D eigenvalue weighted by molar-refractivity contribution is -0.129. The zero-order valence-corrected chi connectivity index (χ0v) is 15.0. The van der Waals surface area contributed by atoms with E-state index < -0.39 is 10.0 Å². The quantitative estimate of drug-likeness (QED) is 0.806. The monoisotopic (exact) mass is 346 g/mol. The van der Waals surface area contributed by atoms with E-state index in [0.29, 0.717) is 12.2 Å². The number of anilines is 1. The van der Waals surface area contributed by atoms with Gasteiger partial charge in [-0.25, -0.2) is 8.42 Å². The van der Waals surface area contributed by atoms with Crippen LogP contribution in [0.4, 0.5) is 5.69 Å². The smallest absolute Gasteiger partial charge is 0.231 e. The first kappa shape index (κ1) is 18.0. The molecule has 0 aliphatic carbocycles. The van der Waals surface area contributed by atoms with Gasteiger partial charge in [0, 0.05) is 20.6 Å². The number of carbonyl (C=O) groups excluding carboxylic acids is 1. The van der Waals surface area contributed by atoms with Crippen LogP contribution in [0.25, 0.3) is 0 Å². The molecule has 1 amide bonds. The second kappa shape index (κ2) is 7.49. The van der Waals surface area contributed by atoms with Crippen molar-refractivity contribution in [1.82, 2.24) is 4.90 Å². The van der Waals surface area contributed by atoms with Gasteiger partial charge in [-0.3, -0.25) is 9.10 Å². The maximum absolute atomic E-state index is 12.3. The van der Waals surface area contributed by atoms with E-state index >= 15 is 0 Å². The van der Waals surface area contributed by atoms with Gasteiger partial charge in [-0.2, -0.15) is 0 Å². The van der Waals surface area contributed by atoms with Crippen molar-refractivity contribution in [3.63, 3.8) is 0 Å². The maximum Gasteiger partial charge on any atom is 0.231 e. The number of benzene rings is 2. The first-order chi connectivity index (χ1) is 11.3. The van der Waals surface area contributed by atoms with Crippen LogP contribution in [-0.4, -0.2) is 39.6 Å². The molecule has 0 saturated carbocycles. The first-order valence-corrected chi connectivity index (χ1v) is 9.43. The summed E-state index contributed by atoms with van der Waals surface area (Å²) in [4.78, 5) is 14.0. The summed E-state index contributed by atoms with van der Waals surface area (Å²) in [6, 6.07) is 16.8. The summed E-state index contributed by atoms with van der Waals surface area (Å²) in [6.45, 7) is 0.564. The van der Waals surface area contributed by atoms with Crippen LogP contribution in [0.5, 0.6) is 0 Å². The molecule has 0 N–H and O–H groups in total. The fraction of sp³-hybridized carbons (Fsp3) is 0.278. The van der Waals surface area contributed by atoms with Crippen LogP contribution < -0.4 is 4.31 Å². The standard InChI is InChI=1S/C18H22N2O3S/c1-19(14-16-7-5-4-6-8-16)18(21)13-15-9-11-17(12-10-15)20(2)24(3,22)23/h4-12H,13-14H2,1-3H3. The maximum atomic E-state index is 12.3. The molecule has 128 valence electrons. The van der Waals surface area contributed by atoms with Crippen LogP contribution in [0.15, 0.2) is 54.6 Å². The van der Waals surface area contributed by atoms with Gasteiger partial charge >= 0.3 is 0 Å². The Hall–Kier alpha value is -2.34. The minimum absolute atomic E-state index is 0.0167. The minimum atomic E-state index is -3.28. The third-order valence-corrected chi connectivity index (χ3v) is 5.05. The molecule has 0 radical (unpaired) electrons. The number of carbonyl (C=O) groups is 1. The zero-order valence-electron chi connectivity index (χ0n) is 14.1. The number of amides is 1. The highest BCUT2D eigenvalue weighted by Crippen LogP contribution is 2.17. The SMILES string of the molecule is CN(Cc1ccccc1)C(=O)Cc1ccc(N(C)S(C)(=O)=O)cc1. The molecule has 0 atom stereocenters. The molecular weight excluding hydrogens is 324 g/mol. The largest absolute Gasteiger partial charge is 0.341 e. The second-order valence-electron chi connectivity index (χ2n) is 5.81. The second-order valence-corrected chi connectivity index (χ2v) is 7.82. The third kappa shape index (κ3) is 4.83. The summed E-state index contributed by atoms with van der Waals surface area (Å²) in [5.74, 6) is 0.0167. The Morgan fingerprint density at radius 1 is 0.917 bits per heavy atom. The Kier molecular flexibility index (Phi) is 5.62. The highest BCUT2D eigenvalue weighted by atomic mass is 32.2. The van der Waals surface area contributed by atoms with Crippen molar-refractivity contribution in [2.45, 2.75) is 13.0 Å². The van der Waals surface area contributed by atoms with Crippen molar-refractivity contribution in [3.8, 4) is 0 Å². The van der Waals surface area contributed by atoms with Gasteiger partial charge in [0.2, 0.25) is 15.9 Å². The molecule has 0 fully saturated rings. The van der Waals surface area contributed by atoms with E-state index in [0.717, 1.165) is 17.4 Å². The number of likely N-dealkylation sites (N-methyl/N-ethyl adjacent to an activating group) is 1. The fourth-order valence-electron chi connectivity index (χ4n) is 2.27. The molecule has 0 saturated heterocycles. The average Bonchev–Trinajstić information content (AvgIpc) is 2.55. The Labute approximate surface area is 143 Å². The van der Waals surface area contributed by atoms with Crippen LogP contribution in [0.1, 0.15) is 11.1 Å². The van der Waals surface area contributed by atoms with E-state index in [4.69, 9.17) is 0 Å². The molecule has 0 unspecified atom stereocenters. The van der Waals surface area contributed by atoms with Crippen molar-refractivity contribution >= 4 is 21.6 Å². The first-order valence-electron chi connectivity index (χ1n) is 7.58. The van der Waals surface area contributed by atoms with E-state index in [9.17, 15) is 13.2 Å². The number of rotatable bonds is 6. The Morgan fingerprint density at radius 3 is 2.04 bits per heavy atom. The van der Waals surface area contributed by atoms with E-state index in [2.05, 4.69) is 0 Å². The molecule has 0 aliphatic rings. The number of hydrogen-bond donors (Lipinski definition) is 0. The van der Waals surface area contributed by atoms with Gasteiger partial charge < -0.3 is 4.90 Å². The Morgan fingerprint density at radius 2 is 1.50 bits per heavy atom. The Bertz CT molecular complexity index is 787. The predicted molar refractivity (Wildman–Crippen MR) is 96.3 cm³/mol. The van der Waals surface area contributed by atoms with E-state index in [1.165, 1.54) is 11.4 Å². The topological polar surface area (TPSA) is 57.7 Å². The number of hydrogen-bond acceptors (Lipinski definition) is 3.